The molecule has 0 heterocycles. The lowest BCUT2D eigenvalue weighted by Gasteiger charge is -2.42. The standard InChI is InChI=1S/C17H28N2O/c1-5-18-17-15-9-7-6-8-14(15)10-11-16(17)19(3)13(2)12-20-4/h6-9,13,16-18H,5,10-12H2,1-4H3. The Morgan fingerprint density at radius 1 is 1.40 bits per heavy atom. The van der Waals surface area contributed by atoms with Gasteiger partial charge in [-0.15, -0.1) is 0 Å². The van der Waals surface area contributed by atoms with Crippen LogP contribution < -0.4 is 5.32 Å². The van der Waals surface area contributed by atoms with Gasteiger partial charge in [-0.05, 0) is 44.5 Å². The lowest BCUT2D eigenvalue weighted by atomic mass is 9.83. The van der Waals surface area contributed by atoms with Crippen molar-refractivity contribution in [3.63, 3.8) is 0 Å². The predicted octanol–water partition coefficient (Wildman–Crippen LogP) is 2.62. The first kappa shape index (κ1) is 15.5. The van der Waals surface area contributed by atoms with Gasteiger partial charge >= 0.3 is 0 Å². The van der Waals surface area contributed by atoms with Gasteiger partial charge in [0.15, 0.2) is 0 Å². The Bertz CT molecular complexity index is 421. The fraction of sp³-hybridized carbons (Fsp3) is 0.647. The summed E-state index contributed by atoms with van der Waals surface area (Å²) in [5.41, 5.74) is 2.98. The summed E-state index contributed by atoms with van der Waals surface area (Å²) in [5.74, 6) is 0. The van der Waals surface area contributed by atoms with Gasteiger partial charge in [0.25, 0.3) is 0 Å². The molecule has 0 aliphatic heterocycles. The zero-order chi connectivity index (χ0) is 14.5. The summed E-state index contributed by atoms with van der Waals surface area (Å²) in [6.07, 6.45) is 2.38. The molecule has 3 atom stereocenters. The molecule has 1 N–H and O–H groups in total. The second kappa shape index (κ2) is 7.21. The molecule has 0 saturated carbocycles. The van der Waals surface area contributed by atoms with Crippen molar-refractivity contribution in [2.75, 3.05) is 27.3 Å². The van der Waals surface area contributed by atoms with Gasteiger partial charge in [0.1, 0.15) is 0 Å². The Morgan fingerprint density at radius 3 is 2.85 bits per heavy atom. The summed E-state index contributed by atoms with van der Waals surface area (Å²) in [6, 6.07) is 10.3. The molecule has 1 aliphatic carbocycles. The summed E-state index contributed by atoms with van der Waals surface area (Å²) in [6.45, 7) is 6.22. The molecule has 0 saturated heterocycles. The molecule has 0 spiro atoms. The van der Waals surface area contributed by atoms with Crippen molar-refractivity contribution >= 4 is 0 Å². The number of likely N-dealkylation sites (N-methyl/N-ethyl adjacent to an activating group) is 2. The van der Waals surface area contributed by atoms with E-state index in [0.29, 0.717) is 18.1 Å². The van der Waals surface area contributed by atoms with Gasteiger partial charge in [0.05, 0.1) is 6.61 Å². The monoisotopic (exact) mass is 276 g/mol. The van der Waals surface area contributed by atoms with Gasteiger partial charge in [-0.1, -0.05) is 31.2 Å². The van der Waals surface area contributed by atoms with E-state index in [1.165, 1.54) is 24.0 Å². The molecule has 3 unspecified atom stereocenters. The first-order chi connectivity index (χ1) is 9.69. The van der Waals surface area contributed by atoms with E-state index in [-0.39, 0.29) is 0 Å². The van der Waals surface area contributed by atoms with Gasteiger partial charge in [0.2, 0.25) is 0 Å². The molecule has 20 heavy (non-hydrogen) atoms. The maximum absolute atomic E-state index is 5.32. The molecular formula is C17H28N2O. The number of benzene rings is 1. The topological polar surface area (TPSA) is 24.5 Å². The SMILES string of the molecule is CCNC1c2ccccc2CCC1N(C)C(C)COC. The highest BCUT2D eigenvalue weighted by atomic mass is 16.5. The van der Waals surface area contributed by atoms with Crippen LogP contribution in [0.15, 0.2) is 24.3 Å². The second-order valence-corrected chi connectivity index (χ2v) is 5.81. The molecule has 0 amide bonds. The predicted molar refractivity (Wildman–Crippen MR) is 84.1 cm³/mol. The Kier molecular flexibility index (Phi) is 5.58. The molecular weight excluding hydrogens is 248 g/mol. The summed E-state index contributed by atoms with van der Waals surface area (Å²) < 4.78 is 5.32. The maximum Gasteiger partial charge on any atom is 0.0615 e. The molecule has 0 aromatic heterocycles. The maximum atomic E-state index is 5.32. The molecule has 1 aliphatic rings. The highest BCUT2D eigenvalue weighted by Gasteiger charge is 2.33. The Morgan fingerprint density at radius 2 is 2.15 bits per heavy atom. The summed E-state index contributed by atoms with van der Waals surface area (Å²) >= 11 is 0. The van der Waals surface area contributed by atoms with Crippen molar-refractivity contribution in [3.8, 4) is 0 Å². The number of nitrogens with zero attached hydrogens (tertiary/aromatic N) is 1. The van der Waals surface area contributed by atoms with Crippen LogP contribution in [0.4, 0.5) is 0 Å². The fourth-order valence-corrected chi connectivity index (χ4v) is 3.33. The van der Waals surface area contributed by atoms with E-state index in [4.69, 9.17) is 4.74 Å². The fourth-order valence-electron chi connectivity index (χ4n) is 3.33. The third-order valence-corrected chi connectivity index (χ3v) is 4.53. The van der Waals surface area contributed by atoms with E-state index < -0.39 is 0 Å². The zero-order valence-electron chi connectivity index (χ0n) is 13.2. The van der Waals surface area contributed by atoms with Crippen molar-refractivity contribution in [2.45, 2.75) is 44.8 Å². The molecule has 3 heteroatoms. The summed E-state index contributed by atoms with van der Waals surface area (Å²) in [4.78, 5) is 2.48. The van der Waals surface area contributed by atoms with Crippen molar-refractivity contribution in [2.24, 2.45) is 0 Å². The smallest absolute Gasteiger partial charge is 0.0615 e. The highest BCUT2D eigenvalue weighted by Crippen LogP contribution is 2.33. The minimum atomic E-state index is 0.425. The van der Waals surface area contributed by atoms with Crippen molar-refractivity contribution in [3.05, 3.63) is 35.4 Å². The van der Waals surface area contributed by atoms with Crippen LogP contribution in [-0.2, 0) is 11.2 Å². The molecule has 1 aromatic rings. The number of ether oxygens (including phenoxy) is 1. The van der Waals surface area contributed by atoms with Crippen LogP contribution in [0, 0.1) is 0 Å². The zero-order valence-corrected chi connectivity index (χ0v) is 13.2. The number of hydrogen-bond acceptors (Lipinski definition) is 3. The number of fused-ring (bicyclic) bond motifs is 1. The first-order valence-electron chi connectivity index (χ1n) is 7.71. The summed E-state index contributed by atoms with van der Waals surface area (Å²) in [5, 5.41) is 3.69. The van der Waals surface area contributed by atoms with E-state index in [2.05, 4.69) is 55.4 Å². The van der Waals surface area contributed by atoms with Gasteiger partial charge in [0, 0.05) is 25.2 Å². The number of aryl methyl sites for hydroxylation is 1. The average Bonchev–Trinajstić information content (AvgIpc) is 2.47. The number of hydrogen-bond donors (Lipinski definition) is 1. The van der Waals surface area contributed by atoms with Crippen LogP contribution in [0.1, 0.15) is 37.4 Å². The molecule has 1 aromatic carbocycles. The molecule has 0 radical (unpaired) electrons. The van der Waals surface area contributed by atoms with Crippen molar-refractivity contribution in [1.29, 1.82) is 0 Å². The van der Waals surface area contributed by atoms with E-state index in [0.717, 1.165) is 13.2 Å². The Hall–Kier alpha value is -0.900. The quantitative estimate of drug-likeness (QED) is 0.864. The van der Waals surface area contributed by atoms with E-state index in [1.54, 1.807) is 7.11 Å². The number of methoxy groups -OCH3 is 1. The Balaban J connectivity index is 2.21. The van der Waals surface area contributed by atoms with Crippen LogP contribution in [0.3, 0.4) is 0 Å². The molecule has 0 bridgehead atoms. The highest BCUT2D eigenvalue weighted by molar-refractivity contribution is 5.34. The molecule has 112 valence electrons. The lowest BCUT2D eigenvalue weighted by molar-refractivity contribution is 0.0686. The molecule has 2 rings (SSSR count). The number of rotatable bonds is 6. The van der Waals surface area contributed by atoms with Crippen LogP contribution >= 0.6 is 0 Å². The van der Waals surface area contributed by atoms with Gasteiger partial charge < -0.3 is 10.1 Å². The lowest BCUT2D eigenvalue weighted by Crippen LogP contribution is -2.49. The summed E-state index contributed by atoms with van der Waals surface area (Å²) in [7, 11) is 4.01. The second-order valence-electron chi connectivity index (χ2n) is 5.81. The van der Waals surface area contributed by atoms with Gasteiger partial charge in [-0.2, -0.15) is 0 Å². The minimum absolute atomic E-state index is 0.425. The van der Waals surface area contributed by atoms with E-state index >= 15 is 0 Å². The van der Waals surface area contributed by atoms with Crippen LogP contribution in [0.25, 0.3) is 0 Å². The largest absolute Gasteiger partial charge is 0.383 e. The van der Waals surface area contributed by atoms with Crippen molar-refractivity contribution in [1.82, 2.24) is 10.2 Å². The molecule has 3 nitrogen and oxygen atoms in total. The molecule has 0 fully saturated rings. The third kappa shape index (κ3) is 3.22. The normalized spacial score (nSPS) is 23.6. The van der Waals surface area contributed by atoms with E-state index in [1.807, 2.05) is 0 Å². The van der Waals surface area contributed by atoms with E-state index in [9.17, 15) is 0 Å². The van der Waals surface area contributed by atoms with Crippen LogP contribution in [-0.4, -0.2) is 44.3 Å². The average molecular weight is 276 g/mol. The minimum Gasteiger partial charge on any atom is -0.383 e. The first-order valence-corrected chi connectivity index (χ1v) is 7.71. The van der Waals surface area contributed by atoms with Crippen molar-refractivity contribution < 1.29 is 4.74 Å². The van der Waals surface area contributed by atoms with Crippen LogP contribution in [0.2, 0.25) is 0 Å². The third-order valence-electron chi connectivity index (χ3n) is 4.53. The Labute approximate surface area is 123 Å². The number of nitrogens with one attached hydrogen (secondary N) is 1. The van der Waals surface area contributed by atoms with Gasteiger partial charge in [-0.3, -0.25) is 4.90 Å². The van der Waals surface area contributed by atoms with Gasteiger partial charge in [-0.25, -0.2) is 0 Å². The van der Waals surface area contributed by atoms with Crippen LogP contribution in [0.5, 0.6) is 0 Å².